The number of halogens is 1. The van der Waals surface area contributed by atoms with Gasteiger partial charge >= 0.3 is 5.97 Å². The highest BCUT2D eigenvalue weighted by atomic mass is 79.9. The van der Waals surface area contributed by atoms with Crippen LogP contribution in [0.4, 0.5) is 0 Å². The maximum Gasteiger partial charge on any atom is 0.338 e. The van der Waals surface area contributed by atoms with Gasteiger partial charge in [0.05, 0.1) is 30.3 Å². The first-order valence-corrected chi connectivity index (χ1v) is 10.5. The van der Waals surface area contributed by atoms with E-state index in [1.807, 2.05) is 24.3 Å². The van der Waals surface area contributed by atoms with Crippen LogP contribution >= 0.6 is 15.9 Å². The summed E-state index contributed by atoms with van der Waals surface area (Å²) in [7, 11) is 1.62. The van der Waals surface area contributed by atoms with Crippen LogP contribution in [0, 0.1) is 0 Å². The van der Waals surface area contributed by atoms with E-state index in [0.29, 0.717) is 11.1 Å². The van der Waals surface area contributed by atoms with Crippen LogP contribution in [0.3, 0.4) is 0 Å². The third kappa shape index (κ3) is 4.76. The van der Waals surface area contributed by atoms with Crippen molar-refractivity contribution < 1.29 is 19.1 Å². The molecular formula is C24H18BrN3O4. The SMILES string of the molecule is COc1ccc(-c2cnnn2-c2ccc(C(=O)COC(=O)c3ccc(Br)cc3)cc2)cc1. The number of benzene rings is 3. The summed E-state index contributed by atoms with van der Waals surface area (Å²) in [5.41, 5.74) is 3.29. The monoisotopic (exact) mass is 491 g/mol. The lowest BCUT2D eigenvalue weighted by atomic mass is 10.1. The summed E-state index contributed by atoms with van der Waals surface area (Å²) in [5.74, 6) is -0.0818. The number of carbonyl (C=O) groups excluding carboxylic acids is 2. The number of hydrogen-bond acceptors (Lipinski definition) is 6. The number of Topliss-reactive ketones (excluding diaryl/α,β-unsaturated/α-hetero) is 1. The highest BCUT2D eigenvalue weighted by Crippen LogP contribution is 2.24. The van der Waals surface area contributed by atoms with Gasteiger partial charge in [-0.05, 0) is 72.8 Å². The summed E-state index contributed by atoms with van der Waals surface area (Å²) in [6.07, 6.45) is 1.67. The van der Waals surface area contributed by atoms with E-state index < -0.39 is 5.97 Å². The van der Waals surface area contributed by atoms with Crippen molar-refractivity contribution in [3.05, 3.63) is 94.6 Å². The molecule has 0 atom stereocenters. The van der Waals surface area contributed by atoms with E-state index in [0.717, 1.165) is 27.2 Å². The normalized spacial score (nSPS) is 10.6. The van der Waals surface area contributed by atoms with Gasteiger partial charge in [-0.15, -0.1) is 5.10 Å². The Kier molecular flexibility index (Phi) is 6.42. The fraction of sp³-hybridized carbons (Fsp3) is 0.0833. The first kappa shape index (κ1) is 21.5. The molecule has 0 N–H and O–H groups in total. The Morgan fingerprint density at radius 3 is 2.22 bits per heavy atom. The molecule has 1 aromatic heterocycles. The first-order valence-electron chi connectivity index (χ1n) is 9.66. The Labute approximate surface area is 192 Å². The highest BCUT2D eigenvalue weighted by Gasteiger charge is 2.13. The molecule has 0 saturated carbocycles. The van der Waals surface area contributed by atoms with Crippen molar-refractivity contribution >= 4 is 27.7 Å². The number of ether oxygens (including phenoxy) is 2. The molecule has 3 aromatic carbocycles. The fourth-order valence-electron chi connectivity index (χ4n) is 3.06. The van der Waals surface area contributed by atoms with Crippen LogP contribution in [-0.4, -0.2) is 40.5 Å². The predicted molar refractivity (Wildman–Crippen MR) is 122 cm³/mol. The Morgan fingerprint density at radius 1 is 0.906 bits per heavy atom. The van der Waals surface area contributed by atoms with Crippen molar-refractivity contribution in [2.75, 3.05) is 13.7 Å². The summed E-state index contributed by atoms with van der Waals surface area (Å²) in [4.78, 5) is 24.5. The number of esters is 1. The van der Waals surface area contributed by atoms with Crippen LogP contribution in [0.15, 0.2) is 83.5 Å². The number of aromatic nitrogens is 3. The van der Waals surface area contributed by atoms with E-state index in [2.05, 4.69) is 26.2 Å². The van der Waals surface area contributed by atoms with E-state index >= 15 is 0 Å². The van der Waals surface area contributed by atoms with Crippen LogP contribution in [0.5, 0.6) is 5.75 Å². The maximum atomic E-state index is 12.4. The molecule has 0 aliphatic heterocycles. The summed E-state index contributed by atoms with van der Waals surface area (Å²) < 4.78 is 12.9. The molecule has 8 heteroatoms. The number of carbonyl (C=O) groups is 2. The summed E-state index contributed by atoms with van der Waals surface area (Å²) in [5, 5.41) is 8.17. The third-order valence-electron chi connectivity index (χ3n) is 4.78. The number of hydrogen-bond donors (Lipinski definition) is 0. The molecule has 0 saturated heterocycles. The van der Waals surface area contributed by atoms with Crippen LogP contribution in [0.2, 0.25) is 0 Å². The second-order valence-electron chi connectivity index (χ2n) is 6.81. The van der Waals surface area contributed by atoms with Crippen molar-refractivity contribution in [1.82, 2.24) is 15.0 Å². The molecule has 1 heterocycles. The molecule has 4 rings (SSSR count). The van der Waals surface area contributed by atoms with Gasteiger partial charge in [0, 0.05) is 15.6 Å². The Hall–Kier alpha value is -3.78. The van der Waals surface area contributed by atoms with Crippen molar-refractivity contribution in [2.45, 2.75) is 0 Å². The second-order valence-corrected chi connectivity index (χ2v) is 7.73. The largest absolute Gasteiger partial charge is 0.497 e. The van der Waals surface area contributed by atoms with Gasteiger partial charge in [-0.3, -0.25) is 4.79 Å². The van der Waals surface area contributed by atoms with E-state index in [-0.39, 0.29) is 12.4 Å². The zero-order chi connectivity index (χ0) is 22.5. The molecule has 7 nitrogen and oxygen atoms in total. The summed E-state index contributed by atoms with van der Waals surface area (Å²) >= 11 is 3.31. The third-order valence-corrected chi connectivity index (χ3v) is 5.31. The molecule has 160 valence electrons. The van der Waals surface area contributed by atoms with Gasteiger partial charge in [0.2, 0.25) is 0 Å². The number of rotatable bonds is 7. The minimum Gasteiger partial charge on any atom is -0.497 e. The molecule has 32 heavy (non-hydrogen) atoms. The van der Waals surface area contributed by atoms with Crippen molar-refractivity contribution in [2.24, 2.45) is 0 Å². The molecular weight excluding hydrogens is 474 g/mol. The number of ketones is 1. The number of nitrogens with zero attached hydrogens (tertiary/aromatic N) is 3. The van der Waals surface area contributed by atoms with Crippen molar-refractivity contribution in [3.63, 3.8) is 0 Å². The molecule has 4 aromatic rings. The molecule has 0 radical (unpaired) electrons. The molecule has 0 fully saturated rings. The average molecular weight is 492 g/mol. The predicted octanol–water partition coefficient (Wildman–Crippen LogP) is 4.75. The van der Waals surface area contributed by atoms with Crippen LogP contribution in [0.1, 0.15) is 20.7 Å². The van der Waals surface area contributed by atoms with E-state index in [4.69, 9.17) is 9.47 Å². The lowest BCUT2D eigenvalue weighted by Crippen LogP contribution is -2.14. The van der Waals surface area contributed by atoms with Gasteiger partial charge in [0.1, 0.15) is 5.75 Å². The Bertz CT molecular complexity index is 1230. The van der Waals surface area contributed by atoms with Crippen molar-refractivity contribution in [1.29, 1.82) is 0 Å². The van der Waals surface area contributed by atoms with Gasteiger partial charge in [-0.2, -0.15) is 0 Å². The first-order chi connectivity index (χ1) is 15.5. The fourth-order valence-corrected chi connectivity index (χ4v) is 3.32. The van der Waals surface area contributed by atoms with Gasteiger partial charge in [-0.1, -0.05) is 21.1 Å². The zero-order valence-corrected chi connectivity index (χ0v) is 18.7. The lowest BCUT2D eigenvalue weighted by Gasteiger charge is -2.08. The van der Waals surface area contributed by atoms with Crippen molar-refractivity contribution in [3.8, 4) is 22.7 Å². The van der Waals surface area contributed by atoms with E-state index in [9.17, 15) is 9.59 Å². The second kappa shape index (κ2) is 9.57. The van der Waals surface area contributed by atoms with Gasteiger partial charge < -0.3 is 9.47 Å². The smallest absolute Gasteiger partial charge is 0.338 e. The molecule has 0 aliphatic rings. The topological polar surface area (TPSA) is 83.3 Å². The Balaban J connectivity index is 1.44. The quantitative estimate of drug-likeness (QED) is 0.274. The average Bonchev–Trinajstić information content (AvgIpc) is 3.33. The zero-order valence-electron chi connectivity index (χ0n) is 17.1. The van der Waals surface area contributed by atoms with Gasteiger partial charge in [0.15, 0.2) is 12.4 Å². The maximum absolute atomic E-state index is 12.4. The minimum absolute atomic E-state index is 0.295. The molecule has 0 unspecified atom stereocenters. The van der Waals surface area contributed by atoms with E-state index in [1.165, 1.54) is 0 Å². The highest BCUT2D eigenvalue weighted by molar-refractivity contribution is 9.10. The van der Waals surface area contributed by atoms with Crippen LogP contribution in [-0.2, 0) is 4.74 Å². The standard InChI is InChI=1S/C24H18BrN3O4/c1-31-21-12-6-16(7-13-21)22-14-26-27-28(22)20-10-4-17(5-11-20)23(29)15-32-24(30)18-2-8-19(25)9-3-18/h2-14H,15H2,1H3. The van der Waals surface area contributed by atoms with Gasteiger partial charge in [-0.25, -0.2) is 9.48 Å². The van der Waals surface area contributed by atoms with E-state index in [1.54, 1.807) is 66.5 Å². The summed E-state index contributed by atoms with van der Waals surface area (Å²) in [6.45, 7) is -0.339. The molecule has 0 aliphatic carbocycles. The number of methoxy groups -OCH3 is 1. The van der Waals surface area contributed by atoms with Crippen LogP contribution in [0.25, 0.3) is 16.9 Å². The van der Waals surface area contributed by atoms with Gasteiger partial charge in [0.25, 0.3) is 0 Å². The summed E-state index contributed by atoms with van der Waals surface area (Å²) in [6, 6.07) is 21.2. The van der Waals surface area contributed by atoms with Crippen LogP contribution < -0.4 is 4.74 Å². The molecule has 0 bridgehead atoms. The lowest BCUT2D eigenvalue weighted by molar-refractivity contribution is 0.0474. The Morgan fingerprint density at radius 2 is 1.56 bits per heavy atom. The molecule has 0 amide bonds. The molecule has 0 spiro atoms. The minimum atomic E-state index is -0.547.